The molecule has 0 radical (unpaired) electrons. The third kappa shape index (κ3) is 2.34. The highest BCUT2D eigenvalue weighted by Crippen LogP contribution is 2.29. The van der Waals surface area contributed by atoms with Gasteiger partial charge in [0.25, 0.3) is 0 Å². The third-order valence-corrected chi connectivity index (χ3v) is 3.52. The summed E-state index contributed by atoms with van der Waals surface area (Å²) in [6.07, 6.45) is 6.45. The van der Waals surface area contributed by atoms with Crippen molar-refractivity contribution in [2.75, 3.05) is 5.32 Å². The van der Waals surface area contributed by atoms with Gasteiger partial charge in [0.2, 0.25) is 5.95 Å². The number of anilines is 1. The largest absolute Gasteiger partial charge is 0.481 e. The number of imidazole rings is 1. The number of hydrogen-bond acceptors (Lipinski definition) is 5. The van der Waals surface area contributed by atoms with Crippen LogP contribution in [-0.4, -0.2) is 36.6 Å². The van der Waals surface area contributed by atoms with E-state index in [0.717, 1.165) is 5.82 Å². The van der Waals surface area contributed by atoms with E-state index in [0.29, 0.717) is 24.6 Å². The first kappa shape index (κ1) is 12.6. The molecule has 3 rings (SSSR count). The van der Waals surface area contributed by atoms with Gasteiger partial charge in [0, 0.05) is 24.6 Å². The minimum Gasteiger partial charge on any atom is -0.481 e. The number of hydrogen-bond donors (Lipinski definition) is 2. The highest BCUT2D eigenvalue weighted by molar-refractivity contribution is 5.71. The number of aliphatic carboxylic acids is 1. The maximum atomic E-state index is 10.8. The van der Waals surface area contributed by atoms with Crippen LogP contribution in [0.25, 0.3) is 5.95 Å². The highest BCUT2D eigenvalue weighted by Gasteiger charge is 2.34. The van der Waals surface area contributed by atoms with Gasteiger partial charge in [-0.05, 0) is 25.8 Å². The first-order valence-electron chi connectivity index (χ1n) is 6.46. The molecule has 2 N–H and O–H groups in total. The van der Waals surface area contributed by atoms with Gasteiger partial charge in [0.1, 0.15) is 11.6 Å². The molecule has 0 unspecified atom stereocenters. The number of carbonyl (C=O) groups is 1. The zero-order valence-electron chi connectivity index (χ0n) is 11.0. The number of rotatable bonds is 4. The standard InChI is InChI=1S/C13H15N5O2/c1-8-14-4-5-18(8)13-15-3-2-11(17-13)16-10-6-9(7-10)12(19)20/h2-5,9-10H,6-7H2,1H3,(H,19,20)(H,15,16,17). The molecule has 0 spiro atoms. The summed E-state index contributed by atoms with van der Waals surface area (Å²) in [4.78, 5) is 23.5. The molecule has 7 heteroatoms. The topological polar surface area (TPSA) is 92.9 Å². The van der Waals surface area contributed by atoms with E-state index in [1.807, 2.05) is 6.92 Å². The smallest absolute Gasteiger partial charge is 0.306 e. The Morgan fingerprint density at radius 2 is 2.20 bits per heavy atom. The zero-order valence-corrected chi connectivity index (χ0v) is 11.0. The molecule has 0 aliphatic heterocycles. The van der Waals surface area contributed by atoms with E-state index in [4.69, 9.17) is 5.11 Å². The molecule has 0 saturated heterocycles. The number of carboxylic acids is 1. The Morgan fingerprint density at radius 1 is 1.40 bits per heavy atom. The van der Waals surface area contributed by atoms with Crippen LogP contribution in [-0.2, 0) is 4.79 Å². The molecular formula is C13H15N5O2. The quantitative estimate of drug-likeness (QED) is 0.870. The molecule has 20 heavy (non-hydrogen) atoms. The van der Waals surface area contributed by atoms with Crippen LogP contribution >= 0.6 is 0 Å². The van der Waals surface area contributed by atoms with Crippen LogP contribution < -0.4 is 5.32 Å². The van der Waals surface area contributed by atoms with Crippen molar-refractivity contribution in [3.8, 4) is 5.95 Å². The summed E-state index contributed by atoms with van der Waals surface area (Å²) in [6.45, 7) is 1.88. The van der Waals surface area contributed by atoms with E-state index >= 15 is 0 Å². The molecule has 104 valence electrons. The predicted molar refractivity (Wildman–Crippen MR) is 71.7 cm³/mol. The maximum absolute atomic E-state index is 10.8. The minimum absolute atomic E-state index is 0.169. The van der Waals surface area contributed by atoms with E-state index < -0.39 is 5.97 Å². The van der Waals surface area contributed by atoms with Crippen molar-refractivity contribution in [3.63, 3.8) is 0 Å². The van der Waals surface area contributed by atoms with Crippen LogP contribution in [0.3, 0.4) is 0 Å². The van der Waals surface area contributed by atoms with Crippen LogP contribution in [0.15, 0.2) is 24.7 Å². The SMILES string of the molecule is Cc1nccn1-c1nccc(NC2CC(C(=O)O)C2)n1. The van der Waals surface area contributed by atoms with Crippen LogP contribution in [0.5, 0.6) is 0 Å². The normalized spacial score (nSPS) is 21.2. The second-order valence-electron chi connectivity index (χ2n) is 4.93. The molecule has 1 fully saturated rings. The molecule has 0 atom stereocenters. The first-order chi connectivity index (χ1) is 9.63. The van der Waals surface area contributed by atoms with Gasteiger partial charge in [-0.1, -0.05) is 0 Å². The monoisotopic (exact) mass is 273 g/mol. The Hall–Kier alpha value is -2.44. The van der Waals surface area contributed by atoms with Crippen molar-refractivity contribution in [3.05, 3.63) is 30.5 Å². The van der Waals surface area contributed by atoms with Crippen molar-refractivity contribution >= 4 is 11.8 Å². The molecule has 7 nitrogen and oxygen atoms in total. The lowest BCUT2D eigenvalue weighted by Crippen LogP contribution is -2.39. The summed E-state index contributed by atoms with van der Waals surface area (Å²) in [5, 5.41) is 12.1. The Balaban J connectivity index is 1.70. The van der Waals surface area contributed by atoms with E-state index in [-0.39, 0.29) is 12.0 Å². The third-order valence-electron chi connectivity index (χ3n) is 3.52. The second-order valence-corrected chi connectivity index (χ2v) is 4.93. The number of aromatic nitrogens is 4. The summed E-state index contributed by atoms with van der Waals surface area (Å²) in [6, 6.07) is 1.95. The maximum Gasteiger partial charge on any atom is 0.306 e. The van der Waals surface area contributed by atoms with Crippen LogP contribution in [0.1, 0.15) is 18.7 Å². The Morgan fingerprint density at radius 3 is 2.85 bits per heavy atom. The first-order valence-corrected chi connectivity index (χ1v) is 6.46. The average molecular weight is 273 g/mol. The molecular weight excluding hydrogens is 258 g/mol. The fourth-order valence-electron chi connectivity index (χ4n) is 2.28. The van der Waals surface area contributed by atoms with Gasteiger partial charge in [-0.15, -0.1) is 0 Å². The van der Waals surface area contributed by atoms with Crippen molar-refractivity contribution in [2.45, 2.75) is 25.8 Å². The van der Waals surface area contributed by atoms with Crippen molar-refractivity contribution in [2.24, 2.45) is 5.92 Å². The predicted octanol–water partition coefficient (Wildman–Crippen LogP) is 1.25. The van der Waals surface area contributed by atoms with Crippen molar-refractivity contribution < 1.29 is 9.90 Å². The van der Waals surface area contributed by atoms with Gasteiger partial charge in [-0.2, -0.15) is 4.98 Å². The lowest BCUT2D eigenvalue weighted by Gasteiger charge is -2.33. The number of carboxylic acid groups (broad SMARTS) is 1. The Kier molecular flexibility index (Phi) is 3.09. The van der Waals surface area contributed by atoms with Gasteiger partial charge in [0.05, 0.1) is 5.92 Å². The van der Waals surface area contributed by atoms with Gasteiger partial charge < -0.3 is 10.4 Å². The Labute approximate surface area is 115 Å². The summed E-state index contributed by atoms with van der Waals surface area (Å²) in [7, 11) is 0. The molecule has 2 aromatic heterocycles. The summed E-state index contributed by atoms with van der Waals surface area (Å²) in [5.74, 6) is 1.12. The van der Waals surface area contributed by atoms with E-state index in [2.05, 4.69) is 20.3 Å². The summed E-state index contributed by atoms with van der Waals surface area (Å²) >= 11 is 0. The zero-order chi connectivity index (χ0) is 14.1. The lowest BCUT2D eigenvalue weighted by atomic mass is 9.80. The summed E-state index contributed by atoms with van der Waals surface area (Å²) < 4.78 is 1.80. The fraction of sp³-hybridized carbons (Fsp3) is 0.385. The van der Waals surface area contributed by atoms with Gasteiger partial charge in [-0.25, -0.2) is 9.97 Å². The molecule has 2 heterocycles. The average Bonchev–Trinajstić information content (AvgIpc) is 2.79. The lowest BCUT2D eigenvalue weighted by molar-refractivity contribution is -0.144. The molecule has 2 aromatic rings. The Bertz CT molecular complexity index is 633. The van der Waals surface area contributed by atoms with Crippen LogP contribution in [0.2, 0.25) is 0 Å². The van der Waals surface area contributed by atoms with Crippen LogP contribution in [0, 0.1) is 12.8 Å². The van der Waals surface area contributed by atoms with E-state index in [9.17, 15) is 4.79 Å². The summed E-state index contributed by atoms with van der Waals surface area (Å²) in [5.41, 5.74) is 0. The van der Waals surface area contributed by atoms with E-state index in [1.165, 1.54) is 0 Å². The van der Waals surface area contributed by atoms with Gasteiger partial charge in [-0.3, -0.25) is 9.36 Å². The molecule has 0 bridgehead atoms. The number of aryl methyl sites for hydroxylation is 1. The van der Waals surface area contributed by atoms with E-state index in [1.54, 1.807) is 29.2 Å². The molecule has 0 aromatic carbocycles. The number of nitrogens with one attached hydrogen (secondary N) is 1. The molecule has 1 saturated carbocycles. The van der Waals surface area contributed by atoms with Crippen LogP contribution in [0.4, 0.5) is 5.82 Å². The molecule has 1 aliphatic rings. The van der Waals surface area contributed by atoms with Crippen molar-refractivity contribution in [1.29, 1.82) is 0 Å². The molecule has 1 aliphatic carbocycles. The molecule has 0 amide bonds. The van der Waals surface area contributed by atoms with Gasteiger partial charge >= 0.3 is 5.97 Å². The van der Waals surface area contributed by atoms with Gasteiger partial charge in [0.15, 0.2) is 0 Å². The highest BCUT2D eigenvalue weighted by atomic mass is 16.4. The fourth-order valence-corrected chi connectivity index (χ4v) is 2.28. The number of nitrogens with zero attached hydrogens (tertiary/aromatic N) is 4. The second kappa shape index (κ2) is 4.92. The van der Waals surface area contributed by atoms with Crippen molar-refractivity contribution in [1.82, 2.24) is 19.5 Å². The minimum atomic E-state index is -0.722.